The molecule has 3 N–H and O–H groups in total. The lowest BCUT2D eigenvalue weighted by atomic mass is 10.0. The highest BCUT2D eigenvalue weighted by atomic mass is 31.2. The molecule has 0 bridgehead atoms. The van der Waals surface area contributed by atoms with Crippen LogP contribution >= 0.6 is 15.6 Å². The normalized spacial score (nSPS) is 14.0. The van der Waals surface area contributed by atoms with Crippen molar-refractivity contribution in [1.29, 1.82) is 0 Å². The van der Waals surface area contributed by atoms with Crippen LogP contribution in [0.25, 0.3) is 0 Å². The van der Waals surface area contributed by atoms with E-state index in [1.165, 1.54) is 244 Å². The summed E-state index contributed by atoms with van der Waals surface area (Å²) in [6.45, 7) is 9.62. The van der Waals surface area contributed by atoms with E-state index in [2.05, 4.69) is 65.8 Å². The molecule has 5 atom stereocenters. The van der Waals surface area contributed by atoms with Gasteiger partial charge < -0.3 is 33.8 Å². The second kappa shape index (κ2) is 77.8. The van der Waals surface area contributed by atoms with E-state index in [0.717, 1.165) is 115 Å². The van der Waals surface area contributed by atoms with Crippen molar-refractivity contribution in [1.82, 2.24) is 0 Å². The molecule has 626 valence electrons. The van der Waals surface area contributed by atoms with Crippen LogP contribution in [-0.4, -0.2) is 96.7 Å². The number of esters is 4. The Bertz CT molecular complexity index is 2120. The predicted octanol–water partition coefficient (Wildman–Crippen LogP) is 26.2. The minimum atomic E-state index is -4.97. The van der Waals surface area contributed by atoms with Gasteiger partial charge in [-0.2, -0.15) is 0 Å². The molecule has 0 aromatic rings. The zero-order valence-corrected chi connectivity index (χ0v) is 71.0. The summed E-state index contributed by atoms with van der Waals surface area (Å²) in [4.78, 5) is 73.2. The van der Waals surface area contributed by atoms with Crippen LogP contribution in [0.1, 0.15) is 440 Å². The summed E-state index contributed by atoms with van der Waals surface area (Å²) < 4.78 is 68.9. The fourth-order valence-electron chi connectivity index (χ4n) is 13.1. The Labute approximate surface area is 650 Å². The van der Waals surface area contributed by atoms with Gasteiger partial charge in [-0.3, -0.25) is 37.3 Å². The number of carbonyl (C=O) groups excluding carboxylic acids is 4. The summed E-state index contributed by atoms with van der Waals surface area (Å²) in [5, 5.41) is 10.7. The lowest BCUT2D eigenvalue weighted by Crippen LogP contribution is -2.30. The maximum Gasteiger partial charge on any atom is 0.472 e. The van der Waals surface area contributed by atoms with Crippen molar-refractivity contribution >= 4 is 39.5 Å². The first-order chi connectivity index (χ1) is 51.4. The molecule has 0 saturated heterocycles. The van der Waals surface area contributed by atoms with Crippen molar-refractivity contribution in [3.8, 4) is 0 Å². The Morgan fingerprint density at radius 1 is 0.292 bits per heavy atom. The maximum absolute atomic E-state index is 13.2. The first kappa shape index (κ1) is 104. The number of unbranched alkanes of at least 4 members (excludes halogenated alkanes) is 51. The number of rotatable bonds is 84. The summed E-state index contributed by atoms with van der Waals surface area (Å²) in [6.07, 6.45) is 73.0. The number of carbonyl (C=O) groups is 4. The van der Waals surface area contributed by atoms with Gasteiger partial charge in [0, 0.05) is 25.7 Å². The second-order valence-corrected chi connectivity index (χ2v) is 34.5. The summed E-state index contributed by atoms with van der Waals surface area (Å²) in [6, 6.07) is 0. The fourth-order valence-corrected chi connectivity index (χ4v) is 14.6. The van der Waals surface area contributed by atoms with E-state index in [4.69, 9.17) is 37.0 Å². The molecule has 0 aliphatic heterocycles. The molecule has 0 aromatic heterocycles. The molecule has 0 aliphatic rings. The van der Waals surface area contributed by atoms with Crippen LogP contribution < -0.4 is 0 Å². The van der Waals surface area contributed by atoms with E-state index in [0.29, 0.717) is 25.7 Å². The van der Waals surface area contributed by atoms with Crippen molar-refractivity contribution in [2.24, 2.45) is 11.8 Å². The number of allylic oxidation sites excluding steroid dienone is 4. The number of hydrogen-bond acceptors (Lipinski definition) is 15. The van der Waals surface area contributed by atoms with Gasteiger partial charge in [0.2, 0.25) is 0 Å². The Hall–Kier alpha value is -2.46. The van der Waals surface area contributed by atoms with Gasteiger partial charge in [0.05, 0.1) is 26.4 Å². The lowest BCUT2D eigenvalue weighted by molar-refractivity contribution is -0.161. The Morgan fingerprint density at radius 2 is 0.509 bits per heavy atom. The minimum Gasteiger partial charge on any atom is -0.462 e. The number of phosphoric ester groups is 2. The molecule has 0 spiro atoms. The molecular weight excluding hydrogens is 1380 g/mol. The van der Waals surface area contributed by atoms with E-state index < -0.39 is 97.5 Å². The highest BCUT2D eigenvalue weighted by molar-refractivity contribution is 7.47. The van der Waals surface area contributed by atoms with E-state index in [1.54, 1.807) is 0 Å². The van der Waals surface area contributed by atoms with Crippen LogP contribution in [0.3, 0.4) is 0 Å². The molecule has 0 amide bonds. The van der Waals surface area contributed by atoms with E-state index >= 15 is 0 Å². The molecule has 2 unspecified atom stereocenters. The first-order valence-electron chi connectivity index (χ1n) is 44.3. The van der Waals surface area contributed by atoms with Crippen LogP contribution in [0, 0.1) is 11.8 Å². The summed E-state index contributed by atoms with van der Waals surface area (Å²) in [7, 11) is -9.94. The maximum atomic E-state index is 13.2. The molecule has 0 aliphatic carbocycles. The van der Waals surface area contributed by atoms with Crippen LogP contribution in [0.2, 0.25) is 0 Å². The third kappa shape index (κ3) is 79.6. The highest BCUT2D eigenvalue weighted by Gasteiger charge is 2.30. The molecule has 0 heterocycles. The summed E-state index contributed by atoms with van der Waals surface area (Å²) in [5.41, 5.74) is 0. The van der Waals surface area contributed by atoms with Crippen molar-refractivity contribution < 1.29 is 80.2 Å². The number of aliphatic hydroxyl groups is 1. The average Bonchev–Trinajstić information content (AvgIpc) is 0.903. The van der Waals surface area contributed by atoms with Crippen LogP contribution in [0.15, 0.2) is 24.3 Å². The van der Waals surface area contributed by atoms with Gasteiger partial charge in [0.15, 0.2) is 12.2 Å². The van der Waals surface area contributed by atoms with E-state index in [1.807, 2.05) is 0 Å². The van der Waals surface area contributed by atoms with Gasteiger partial charge in [-0.1, -0.05) is 387 Å². The smallest absolute Gasteiger partial charge is 0.462 e. The van der Waals surface area contributed by atoms with Crippen LogP contribution in [0.4, 0.5) is 0 Å². The number of aliphatic hydroxyl groups excluding tert-OH is 1. The van der Waals surface area contributed by atoms with E-state index in [-0.39, 0.29) is 25.7 Å². The number of hydrogen-bond donors (Lipinski definition) is 3. The van der Waals surface area contributed by atoms with Gasteiger partial charge in [0.1, 0.15) is 19.3 Å². The lowest BCUT2D eigenvalue weighted by Gasteiger charge is -2.21. The zero-order chi connectivity index (χ0) is 77.8. The minimum absolute atomic E-state index is 0.0850. The molecule has 0 fully saturated rings. The second-order valence-electron chi connectivity index (χ2n) is 31.5. The zero-order valence-electron chi connectivity index (χ0n) is 69.2. The summed E-state index contributed by atoms with van der Waals surface area (Å²) >= 11 is 0. The molecule has 106 heavy (non-hydrogen) atoms. The Morgan fingerprint density at radius 3 is 0.774 bits per heavy atom. The quantitative estimate of drug-likeness (QED) is 0.0169. The SMILES string of the molecule is CCCCCC/C=C\C=C/CCCCCCCC(=O)O[C@H](COC(=O)CCCCCCCCCCCC(C)C)COP(=O)(O)OC[C@H](O)COP(=O)(O)OC[C@@H](COC(=O)CCCCCCCCCCCCCCCCCCC(C)C)OC(=O)CCCCCCCCCCCCCCCCCCCCCC. The molecular formula is C87H166O17P2. The van der Waals surface area contributed by atoms with Crippen LogP contribution in [0.5, 0.6) is 0 Å². The molecule has 0 saturated carbocycles. The van der Waals surface area contributed by atoms with Gasteiger partial charge in [-0.15, -0.1) is 0 Å². The third-order valence-corrected chi connectivity index (χ3v) is 21.7. The Kier molecular flexibility index (Phi) is 76.0. The number of ether oxygens (including phenoxy) is 4. The van der Waals surface area contributed by atoms with E-state index in [9.17, 15) is 43.2 Å². The molecule has 17 nitrogen and oxygen atoms in total. The highest BCUT2D eigenvalue weighted by Crippen LogP contribution is 2.45. The summed E-state index contributed by atoms with van der Waals surface area (Å²) in [5.74, 6) is -0.579. The van der Waals surface area contributed by atoms with Crippen molar-refractivity contribution in [3.63, 3.8) is 0 Å². The average molecular weight is 1550 g/mol. The monoisotopic (exact) mass is 1550 g/mol. The van der Waals surface area contributed by atoms with Crippen molar-refractivity contribution in [3.05, 3.63) is 24.3 Å². The molecule has 0 aromatic carbocycles. The standard InChI is InChI=1S/C87H166O17P2/c1-7-9-11-13-15-17-19-21-23-24-25-26-27-33-37-41-47-54-60-66-72-87(92)103-82(75-97-84(89)69-63-57-51-45-39-35-32-29-28-31-34-38-43-49-55-61-67-79(3)4)77-101-105(93,94)99-73-81(88)74-100-106(95,96)102-78-83(76-98-85(90)70-64-58-52-48-42-44-50-56-62-68-80(5)6)104-86(91)71-65-59-53-46-40-36-30-22-20-18-16-14-12-10-8-2/h18,20,22,30,79-83,88H,7-17,19,21,23-29,31-78H2,1-6H3,(H,93,94)(H,95,96)/b20-18-,30-22-/t81-,82-,83-/m1/s1. The Balaban J connectivity index is 5.28. The van der Waals surface area contributed by atoms with Gasteiger partial charge >= 0.3 is 39.5 Å². The van der Waals surface area contributed by atoms with Crippen LogP contribution in [-0.2, 0) is 65.4 Å². The number of phosphoric acid groups is 2. The van der Waals surface area contributed by atoms with Gasteiger partial charge in [-0.25, -0.2) is 9.13 Å². The molecule has 0 radical (unpaired) electrons. The third-order valence-electron chi connectivity index (χ3n) is 19.8. The van der Waals surface area contributed by atoms with Crippen molar-refractivity contribution in [2.75, 3.05) is 39.6 Å². The largest absolute Gasteiger partial charge is 0.472 e. The van der Waals surface area contributed by atoms with Gasteiger partial charge in [0.25, 0.3) is 0 Å². The predicted molar refractivity (Wildman–Crippen MR) is 437 cm³/mol. The van der Waals surface area contributed by atoms with Gasteiger partial charge in [-0.05, 0) is 63.2 Å². The first-order valence-corrected chi connectivity index (χ1v) is 47.3. The van der Waals surface area contributed by atoms with Crippen molar-refractivity contribution in [2.45, 2.75) is 458 Å². The molecule has 19 heteroatoms. The fraction of sp³-hybridized carbons (Fsp3) is 0.908. The topological polar surface area (TPSA) is 237 Å². The molecule has 0 rings (SSSR count).